The highest BCUT2D eigenvalue weighted by Crippen LogP contribution is 2.39. The molecular formula is C24H20FN3O3S. The number of methoxy groups -OCH3 is 1. The van der Waals surface area contributed by atoms with Crippen LogP contribution >= 0.6 is 11.3 Å². The van der Waals surface area contributed by atoms with Crippen LogP contribution in [0, 0.1) is 5.82 Å². The van der Waals surface area contributed by atoms with Gasteiger partial charge in [-0.2, -0.15) is 0 Å². The van der Waals surface area contributed by atoms with Gasteiger partial charge in [-0.15, -0.1) is 11.3 Å². The van der Waals surface area contributed by atoms with Gasteiger partial charge in [0, 0.05) is 28.7 Å². The lowest BCUT2D eigenvalue weighted by atomic mass is 9.92. The van der Waals surface area contributed by atoms with Crippen LogP contribution in [0.3, 0.4) is 0 Å². The molecule has 0 radical (unpaired) electrons. The minimum absolute atomic E-state index is 0.312. The fourth-order valence-electron chi connectivity index (χ4n) is 4.33. The molecule has 4 aromatic rings. The highest BCUT2D eigenvalue weighted by atomic mass is 32.1. The Morgan fingerprint density at radius 2 is 1.94 bits per heavy atom. The van der Waals surface area contributed by atoms with E-state index < -0.39 is 18.0 Å². The Labute approximate surface area is 187 Å². The molecule has 2 amide bonds. The molecule has 2 aromatic heterocycles. The fourth-order valence-corrected chi connectivity index (χ4v) is 5.09. The van der Waals surface area contributed by atoms with Crippen molar-refractivity contribution < 1.29 is 18.7 Å². The number of ether oxygens (including phenoxy) is 1. The summed E-state index contributed by atoms with van der Waals surface area (Å²) in [6.45, 7) is 0.400. The summed E-state index contributed by atoms with van der Waals surface area (Å²) < 4.78 is 19.7. The number of hydrogen-bond donors (Lipinski definition) is 2. The summed E-state index contributed by atoms with van der Waals surface area (Å²) in [4.78, 5) is 30.7. The first-order chi connectivity index (χ1) is 15.6. The van der Waals surface area contributed by atoms with Crippen molar-refractivity contribution in [2.45, 2.75) is 12.5 Å². The van der Waals surface area contributed by atoms with Gasteiger partial charge in [0.15, 0.2) is 0 Å². The second kappa shape index (κ2) is 8.12. The smallest absolute Gasteiger partial charge is 0.350 e. The molecule has 32 heavy (non-hydrogen) atoms. The number of urea groups is 1. The number of carbonyl (C=O) groups excluding carboxylic acids is 2. The van der Waals surface area contributed by atoms with Crippen molar-refractivity contribution in [3.8, 4) is 0 Å². The lowest BCUT2D eigenvalue weighted by Crippen LogP contribution is -2.43. The fraction of sp³-hybridized carbons (Fsp3) is 0.167. The monoisotopic (exact) mass is 449 g/mol. The predicted molar refractivity (Wildman–Crippen MR) is 122 cm³/mol. The van der Waals surface area contributed by atoms with Crippen molar-refractivity contribution in [2.75, 3.05) is 19.0 Å². The van der Waals surface area contributed by atoms with E-state index >= 15 is 0 Å². The van der Waals surface area contributed by atoms with Crippen molar-refractivity contribution in [3.05, 3.63) is 87.5 Å². The summed E-state index contributed by atoms with van der Waals surface area (Å²) in [7, 11) is 1.30. The molecule has 0 saturated carbocycles. The molecule has 0 saturated heterocycles. The van der Waals surface area contributed by atoms with Gasteiger partial charge in [-0.3, -0.25) is 0 Å². The van der Waals surface area contributed by atoms with Crippen LogP contribution in [0.25, 0.3) is 10.9 Å². The number of rotatable bonds is 3. The largest absolute Gasteiger partial charge is 0.465 e. The Hall–Kier alpha value is -3.65. The van der Waals surface area contributed by atoms with Crippen molar-refractivity contribution in [1.29, 1.82) is 0 Å². The van der Waals surface area contributed by atoms with Crippen LogP contribution in [0.1, 0.15) is 32.5 Å². The van der Waals surface area contributed by atoms with Gasteiger partial charge in [0.25, 0.3) is 0 Å². The summed E-state index contributed by atoms with van der Waals surface area (Å²) in [5.74, 6) is -0.898. The maximum Gasteiger partial charge on any atom is 0.350 e. The maximum absolute atomic E-state index is 14.9. The molecule has 0 bridgehead atoms. The molecular weight excluding hydrogens is 429 g/mol. The van der Waals surface area contributed by atoms with Crippen molar-refractivity contribution in [3.63, 3.8) is 0 Å². The number of anilines is 1. The number of para-hydroxylation sites is 1. The quantitative estimate of drug-likeness (QED) is 0.415. The second-order valence-corrected chi connectivity index (χ2v) is 8.43. The van der Waals surface area contributed by atoms with E-state index in [1.54, 1.807) is 34.5 Å². The average molecular weight is 450 g/mol. The third-order valence-corrected chi connectivity index (χ3v) is 6.67. The van der Waals surface area contributed by atoms with Crippen LogP contribution in [0.15, 0.2) is 60.0 Å². The number of amides is 2. The third kappa shape index (κ3) is 3.33. The van der Waals surface area contributed by atoms with Crippen LogP contribution in [0.2, 0.25) is 0 Å². The van der Waals surface area contributed by atoms with E-state index in [9.17, 15) is 14.0 Å². The number of nitrogens with zero attached hydrogens (tertiary/aromatic N) is 1. The first-order valence-electron chi connectivity index (χ1n) is 10.2. The Balaban J connectivity index is 1.57. The van der Waals surface area contributed by atoms with Crippen LogP contribution in [-0.2, 0) is 11.2 Å². The number of esters is 1. The van der Waals surface area contributed by atoms with Gasteiger partial charge >= 0.3 is 12.0 Å². The van der Waals surface area contributed by atoms with E-state index in [0.717, 1.165) is 22.2 Å². The lowest BCUT2D eigenvalue weighted by molar-refractivity contribution is 0.0607. The minimum Gasteiger partial charge on any atom is -0.465 e. The molecule has 8 heteroatoms. The van der Waals surface area contributed by atoms with Gasteiger partial charge in [0.1, 0.15) is 16.7 Å². The first kappa shape index (κ1) is 20.3. The molecule has 0 spiro atoms. The van der Waals surface area contributed by atoms with Gasteiger partial charge in [0.05, 0.1) is 12.8 Å². The van der Waals surface area contributed by atoms with Crippen LogP contribution < -0.4 is 5.32 Å². The molecule has 6 nitrogen and oxygen atoms in total. The number of carbonyl (C=O) groups is 2. The van der Waals surface area contributed by atoms with Crippen molar-refractivity contribution in [2.24, 2.45) is 0 Å². The van der Waals surface area contributed by atoms with Crippen LogP contribution in [-0.4, -0.2) is 35.5 Å². The van der Waals surface area contributed by atoms with Crippen molar-refractivity contribution >= 4 is 39.9 Å². The maximum atomic E-state index is 14.9. The SMILES string of the molecule is COC(=O)c1sccc1NC(=O)N1CCc2c([nH]c3ccccc23)[C@@H]1c1ccccc1F. The Morgan fingerprint density at radius 1 is 1.16 bits per heavy atom. The molecule has 162 valence electrons. The van der Waals surface area contributed by atoms with Gasteiger partial charge in [-0.05, 0) is 35.6 Å². The molecule has 1 aliphatic heterocycles. The number of aromatic nitrogens is 1. The lowest BCUT2D eigenvalue weighted by Gasteiger charge is -2.36. The summed E-state index contributed by atoms with van der Waals surface area (Å²) in [6, 6.07) is 15.0. The molecule has 5 rings (SSSR count). The second-order valence-electron chi connectivity index (χ2n) is 7.52. The van der Waals surface area contributed by atoms with E-state index in [-0.39, 0.29) is 5.82 Å². The number of fused-ring (bicyclic) bond motifs is 3. The van der Waals surface area contributed by atoms with Crippen LogP contribution in [0.5, 0.6) is 0 Å². The zero-order valence-corrected chi connectivity index (χ0v) is 18.0. The molecule has 0 fully saturated rings. The molecule has 0 aliphatic carbocycles. The summed E-state index contributed by atoms with van der Waals surface area (Å²) in [6.07, 6.45) is 0.630. The predicted octanol–water partition coefficient (Wildman–Crippen LogP) is 5.33. The van der Waals surface area contributed by atoms with E-state index in [0.29, 0.717) is 29.1 Å². The molecule has 2 N–H and O–H groups in total. The van der Waals surface area contributed by atoms with Gasteiger partial charge < -0.3 is 19.9 Å². The molecule has 3 heterocycles. The molecule has 2 aromatic carbocycles. The number of aromatic amines is 1. The number of thiophene rings is 1. The van der Waals surface area contributed by atoms with Gasteiger partial charge in [0.2, 0.25) is 0 Å². The number of halogens is 1. The number of benzene rings is 2. The minimum atomic E-state index is -0.632. The van der Waals surface area contributed by atoms with E-state index in [4.69, 9.17) is 4.74 Å². The zero-order chi connectivity index (χ0) is 22.2. The topological polar surface area (TPSA) is 74.4 Å². The molecule has 1 atom stereocenters. The third-order valence-electron chi connectivity index (χ3n) is 5.77. The Bertz CT molecular complexity index is 1330. The highest BCUT2D eigenvalue weighted by molar-refractivity contribution is 7.12. The summed E-state index contributed by atoms with van der Waals surface area (Å²) >= 11 is 1.19. The number of hydrogen-bond acceptors (Lipinski definition) is 4. The first-order valence-corrected chi connectivity index (χ1v) is 11.0. The highest BCUT2D eigenvalue weighted by Gasteiger charge is 2.36. The summed E-state index contributed by atoms with van der Waals surface area (Å²) in [5.41, 5.74) is 3.63. The average Bonchev–Trinajstić information content (AvgIpc) is 3.42. The van der Waals surface area contributed by atoms with Crippen molar-refractivity contribution in [1.82, 2.24) is 9.88 Å². The molecule has 1 aliphatic rings. The van der Waals surface area contributed by atoms with E-state index in [1.165, 1.54) is 24.5 Å². The number of nitrogens with one attached hydrogen (secondary N) is 2. The Kier molecular flexibility index (Phi) is 5.14. The van der Waals surface area contributed by atoms with E-state index in [1.807, 2.05) is 24.3 Å². The normalized spacial score (nSPS) is 15.4. The van der Waals surface area contributed by atoms with Gasteiger partial charge in [-0.25, -0.2) is 14.0 Å². The molecule has 0 unspecified atom stereocenters. The standard InChI is InChI=1S/C24H20FN3O3S/c1-31-23(29)22-19(11-13-32-22)27-24(30)28-12-10-15-14-6-3-5-9-18(14)26-20(15)21(28)16-7-2-4-8-17(16)25/h2-9,11,13,21,26H,10,12H2,1H3,(H,27,30)/t21-/m0/s1. The van der Waals surface area contributed by atoms with Crippen LogP contribution in [0.4, 0.5) is 14.9 Å². The van der Waals surface area contributed by atoms with E-state index in [2.05, 4.69) is 10.3 Å². The van der Waals surface area contributed by atoms with Gasteiger partial charge in [-0.1, -0.05) is 36.4 Å². The zero-order valence-electron chi connectivity index (χ0n) is 17.2. The summed E-state index contributed by atoms with van der Waals surface area (Å²) in [5, 5.41) is 5.61. The Morgan fingerprint density at radius 3 is 2.75 bits per heavy atom. The number of H-pyrrole nitrogens is 1.